The second-order valence-corrected chi connectivity index (χ2v) is 7.90. The fourth-order valence-corrected chi connectivity index (χ4v) is 4.73. The highest BCUT2D eigenvalue weighted by Gasteiger charge is 2.28. The molecule has 0 saturated heterocycles. The second-order valence-electron chi connectivity index (χ2n) is 5.40. The summed E-state index contributed by atoms with van der Waals surface area (Å²) in [6.45, 7) is 2.12. The first-order valence-electron chi connectivity index (χ1n) is 6.82. The van der Waals surface area contributed by atoms with Crippen LogP contribution in [0.4, 0.5) is 0 Å². The summed E-state index contributed by atoms with van der Waals surface area (Å²) in [7, 11) is 2.25. The third-order valence-electron chi connectivity index (χ3n) is 3.97. The first kappa shape index (κ1) is 14.5. The molecule has 2 nitrogen and oxygen atoms in total. The minimum atomic E-state index is 0.169. The van der Waals surface area contributed by atoms with Gasteiger partial charge in [-0.05, 0) is 54.9 Å². The molecule has 1 aromatic rings. The molecule has 1 aromatic heterocycles. The zero-order chi connectivity index (χ0) is 13.1. The predicted molar refractivity (Wildman–Crippen MR) is 83.0 cm³/mol. The molecule has 0 amide bonds. The van der Waals surface area contributed by atoms with Gasteiger partial charge in [0.15, 0.2) is 0 Å². The van der Waals surface area contributed by atoms with Crippen molar-refractivity contribution >= 4 is 27.3 Å². The molecule has 102 valence electrons. The van der Waals surface area contributed by atoms with Gasteiger partial charge in [0.25, 0.3) is 0 Å². The van der Waals surface area contributed by atoms with Crippen molar-refractivity contribution in [3.63, 3.8) is 0 Å². The van der Waals surface area contributed by atoms with Crippen LogP contribution in [0.2, 0.25) is 0 Å². The van der Waals surface area contributed by atoms with Crippen molar-refractivity contribution in [3.05, 3.63) is 20.8 Å². The van der Waals surface area contributed by atoms with Gasteiger partial charge in [-0.3, -0.25) is 4.90 Å². The minimum Gasteiger partial charge on any atom is -0.326 e. The van der Waals surface area contributed by atoms with E-state index in [1.54, 1.807) is 0 Å². The van der Waals surface area contributed by atoms with E-state index >= 15 is 0 Å². The van der Waals surface area contributed by atoms with E-state index in [9.17, 15) is 0 Å². The molecule has 1 aliphatic carbocycles. The number of hydrogen-bond acceptors (Lipinski definition) is 3. The van der Waals surface area contributed by atoms with Gasteiger partial charge >= 0.3 is 0 Å². The summed E-state index contributed by atoms with van der Waals surface area (Å²) >= 11 is 5.37. The maximum atomic E-state index is 6.24. The average Bonchev–Trinajstić information content (AvgIpc) is 2.76. The monoisotopic (exact) mass is 330 g/mol. The molecule has 0 bridgehead atoms. The Morgan fingerprint density at radius 1 is 1.33 bits per heavy atom. The Bertz CT molecular complexity index is 372. The van der Waals surface area contributed by atoms with E-state index in [1.807, 2.05) is 11.3 Å². The third-order valence-corrected chi connectivity index (χ3v) is 5.67. The number of rotatable bonds is 4. The van der Waals surface area contributed by atoms with Crippen LogP contribution in [0, 0.1) is 0 Å². The quantitative estimate of drug-likeness (QED) is 0.897. The van der Waals surface area contributed by atoms with Gasteiger partial charge in [0.05, 0.1) is 9.83 Å². The Morgan fingerprint density at radius 2 is 2.00 bits per heavy atom. The standard InChI is InChI=1S/C14H23BrN2S/c1-10(16)14(12-8-9-13(15)18-12)17(2)11-6-4-3-5-7-11/h8-11,14H,3-7,16H2,1-2H3. The van der Waals surface area contributed by atoms with E-state index in [4.69, 9.17) is 5.73 Å². The molecule has 2 rings (SSSR count). The second kappa shape index (κ2) is 6.51. The molecule has 0 radical (unpaired) electrons. The van der Waals surface area contributed by atoms with Crippen LogP contribution in [0.15, 0.2) is 15.9 Å². The van der Waals surface area contributed by atoms with Gasteiger partial charge in [0, 0.05) is 17.0 Å². The van der Waals surface area contributed by atoms with Crippen LogP contribution in [0.25, 0.3) is 0 Å². The Hall–Kier alpha value is 0.1000. The van der Waals surface area contributed by atoms with E-state index in [1.165, 1.54) is 40.8 Å². The summed E-state index contributed by atoms with van der Waals surface area (Å²) in [5, 5.41) is 0. The van der Waals surface area contributed by atoms with Crippen molar-refractivity contribution in [2.24, 2.45) is 5.73 Å². The number of likely N-dealkylation sites (N-methyl/N-ethyl adjacent to an activating group) is 1. The molecule has 2 unspecified atom stereocenters. The van der Waals surface area contributed by atoms with Crippen molar-refractivity contribution < 1.29 is 0 Å². The number of nitrogens with two attached hydrogens (primary N) is 1. The van der Waals surface area contributed by atoms with Crippen LogP contribution in [0.1, 0.15) is 49.9 Å². The molecular weight excluding hydrogens is 308 g/mol. The molecule has 0 spiro atoms. The average molecular weight is 331 g/mol. The molecule has 2 atom stereocenters. The highest BCUT2D eigenvalue weighted by Crippen LogP contribution is 2.35. The Labute approximate surface area is 123 Å². The molecular formula is C14H23BrN2S. The number of halogens is 1. The van der Waals surface area contributed by atoms with Crippen LogP contribution in [0.3, 0.4) is 0 Å². The topological polar surface area (TPSA) is 29.3 Å². The molecule has 1 heterocycles. The summed E-state index contributed by atoms with van der Waals surface area (Å²) in [5.41, 5.74) is 6.24. The maximum Gasteiger partial charge on any atom is 0.0702 e. The Kier molecular flexibility index (Phi) is 5.24. The Balaban J connectivity index is 2.13. The maximum absolute atomic E-state index is 6.24. The molecule has 0 aliphatic heterocycles. The fourth-order valence-electron chi connectivity index (χ4n) is 3.03. The zero-order valence-electron chi connectivity index (χ0n) is 11.2. The summed E-state index contributed by atoms with van der Waals surface area (Å²) in [4.78, 5) is 3.90. The number of thiophene rings is 1. The Morgan fingerprint density at radius 3 is 2.50 bits per heavy atom. The van der Waals surface area contributed by atoms with Gasteiger partial charge in [-0.2, -0.15) is 0 Å². The number of hydrogen-bond donors (Lipinski definition) is 1. The fraction of sp³-hybridized carbons (Fsp3) is 0.714. The van der Waals surface area contributed by atoms with E-state index < -0.39 is 0 Å². The van der Waals surface area contributed by atoms with Gasteiger partial charge < -0.3 is 5.73 Å². The molecule has 1 saturated carbocycles. The van der Waals surface area contributed by atoms with Gasteiger partial charge in [-0.1, -0.05) is 19.3 Å². The van der Waals surface area contributed by atoms with Crippen molar-refractivity contribution in [1.82, 2.24) is 4.90 Å². The van der Waals surface area contributed by atoms with Crippen LogP contribution in [-0.4, -0.2) is 24.0 Å². The first-order chi connectivity index (χ1) is 8.59. The molecule has 18 heavy (non-hydrogen) atoms. The minimum absolute atomic E-state index is 0.169. The van der Waals surface area contributed by atoms with Gasteiger partial charge in [-0.25, -0.2) is 0 Å². The smallest absolute Gasteiger partial charge is 0.0702 e. The summed E-state index contributed by atoms with van der Waals surface area (Å²) < 4.78 is 1.19. The van der Waals surface area contributed by atoms with Crippen LogP contribution < -0.4 is 5.73 Å². The van der Waals surface area contributed by atoms with Crippen molar-refractivity contribution in [3.8, 4) is 0 Å². The van der Waals surface area contributed by atoms with Crippen molar-refractivity contribution in [2.75, 3.05) is 7.05 Å². The lowest BCUT2D eigenvalue weighted by Gasteiger charge is -2.38. The predicted octanol–water partition coefficient (Wildman–Crippen LogP) is 4.16. The van der Waals surface area contributed by atoms with Gasteiger partial charge in [-0.15, -0.1) is 11.3 Å². The van der Waals surface area contributed by atoms with Gasteiger partial charge in [0.1, 0.15) is 0 Å². The lowest BCUT2D eigenvalue weighted by molar-refractivity contribution is 0.125. The van der Waals surface area contributed by atoms with Crippen molar-refractivity contribution in [2.45, 2.75) is 57.2 Å². The van der Waals surface area contributed by atoms with Crippen molar-refractivity contribution in [1.29, 1.82) is 0 Å². The molecule has 1 aliphatic rings. The lowest BCUT2D eigenvalue weighted by Crippen LogP contribution is -2.43. The summed E-state index contributed by atoms with van der Waals surface area (Å²) in [5.74, 6) is 0. The molecule has 0 aromatic carbocycles. The van der Waals surface area contributed by atoms with E-state index in [-0.39, 0.29) is 6.04 Å². The lowest BCUT2D eigenvalue weighted by atomic mass is 9.92. The molecule has 2 N–H and O–H groups in total. The van der Waals surface area contributed by atoms with Crippen LogP contribution >= 0.6 is 27.3 Å². The highest BCUT2D eigenvalue weighted by molar-refractivity contribution is 9.11. The van der Waals surface area contributed by atoms with E-state index in [0.29, 0.717) is 12.1 Å². The van der Waals surface area contributed by atoms with Crippen LogP contribution in [-0.2, 0) is 0 Å². The first-order valence-corrected chi connectivity index (χ1v) is 8.43. The van der Waals surface area contributed by atoms with E-state index in [2.05, 4.69) is 46.9 Å². The third kappa shape index (κ3) is 3.35. The van der Waals surface area contributed by atoms with Gasteiger partial charge in [0.2, 0.25) is 0 Å². The van der Waals surface area contributed by atoms with Crippen LogP contribution in [0.5, 0.6) is 0 Å². The molecule has 1 fully saturated rings. The zero-order valence-corrected chi connectivity index (χ0v) is 13.6. The SMILES string of the molecule is CC(N)C(c1ccc(Br)s1)N(C)C1CCCCC1. The number of nitrogens with zero attached hydrogens (tertiary/aromatic N) is 1. The molecule has 4 heteroatoms. The van der Waals surface area contributed by atoms with E-state index in [0.717, 1.165) is 0 Å². The largest absolute Gasteiger partial charge is 0.326 e. The normalized spacial score (nSPS) is 21.2. The summed E-state index contributed by atoms with van der Waals surface area (Å²) in [6, 6.07) is 5.56. The summed E-state index contributed by atoms with van der Waals surface area (Å²) in [6.07, 6.45) is 6.79. The highest BCUT2D eigenvalue weighted by atomic mass is 79.9.